The van der Waals surface area contributed by atoms with Crippen LogP contribution in [0.2, 0.25) is 0 Å². The number of urea groups is 1. The van der Waals surface area contributed by atoms with Gasteiger partial charge in [-0.3, -0.25) is 5.10 Å². The second-order valence-electron chi connectivity index (χ2n) is 8.37. The number of amides is 2. The van der Waals surface area contributed by atoms with E-state index in [0.29, 0.717) is 18.1 Å². The number of fused-ring (bicyclic) bond motifs is 1. The van der Waals surface area contributed by atoms with Crippen molar-refractivity contribution in [2.24, 2.45) is 0 Å². The predicted molar refractivity (Wildman–Crippen MR) is 143 cm³/mol. The maximum atomic E-state index is 12.4. The molecule has 8 heteroatoms. The molecule has 35 heavy (non-hydrogen) atoms. The average molecular weight is 473 g/mol. The van der Waals surface area contributed by atoms with E-state index < -0.39 is 0 Å². The molecule has 3 aromatic carbocycles. The summed E-state index contributed by atoms with van der Waals surface area (Å²) in [7, 11) is 0. The summed E-state index contributed by atoms with van der Waals surface area (Å²) < 4.78 is 6.05. The fraction of sp³-hybridized carbons (Fsp3) is 0.259. The van der Waals surface area contributed by atoms with Crippen molar-refractivity contribution in [3.05, 3.63) is 66.2 Å². The van der Waals surface area contributed by atoms with Crippen LogP contribution in [0.1, 0.15) is 19.4 Å². The number of hydrogen-bond donors (Lipinski definition) is 4. The number of ether oxygens (including phenoxy) is 1. The van der Waals surface area contributed by atoms with E-state index in [-0.39, 0.29) is 6.03 Å². The second-order valence-corrected chi connectivity index (χ2v) is 8.37. The molecule has 2 amide bonds. The van der Waals surface area contributed by atoms with E-state index in [9.17, 15) is 4.79 Å². The number of rotatable bonds is 9. The summed E-state index contributed by atoms with van der Waals surface area (Å²) in [6, 6.07) is 18.9. The highest BCUT2D eigenvalue weighted by atomic mass is 16.5. The Morgan fingerprint density at radius 1 is 1.03 bits per heavy atom. The summed E-state index contributed by atoms with van der Waals surface area (Å²) in [6.07, 6.45) is 0. The van der Waals surface area contributed by atoms with Gasteiger partial charge in [0, 0.05) is 17.9 Å². The molecule has 4 aromatic rings. The molecule has 1 heterocycles. The zero-order chi connectivity index (χ0) is 24.8. The Morgan fingerprint density at radius 2 is 1.77 bits per heavy atom. The zero-order valence-corrected chi connectivity index (χ0v) is 20.4. The van der Waals surface area contributed by atoms with E-state index in [0.717, 1.165) is 58.7 Å². The fourth-order valence-corrected chi connectivity index (χ4v) is 4.07. The van der Waals surface area contributed by atoms with E-state index in [1.165, 1.54) is 0 Å². The van der Waals surface area contributed by atoms with Gasteiger partial charge in [0.1, 0.15) is 17.9 Å². The number of hydrogen-bond acceptors (Lipinski definition) is 5. The van der Waals surface area contributed by atoms with Crippen molar-refractivity contribution < 1.29 is 9.53 Å². The zero-order valence-electron chi connectivity index (χ0n) is 20.4. The standard InChI is InChI=1S/C27H32N6O2/c1-4-33(5-2)15-16-35-23-14-13-22(24-25(23)31-32-26(24)28)19-9-11-20(12-10-19)29-27(34)30-21-8-6-7-18(3)17-21/h6-14,17H,4-5,15-16H2,1-3H3,(H3,28,31,32)(H2,29,30,34). The number of aryl methyl sites for hydroxylation is 1. The SMILES string of the molecule is CCN(CC)CCOc1ccc(-c2ccc(NC(=O)Nc3cccc(C)c3)cc2)c2c(N)n[nH]c12. The highest BCUT2D eigenvalue weighted by molar-refractivity contribution is 6.04. The molecule has 0 atom stereocenters. The summed E-state index contributed by atoms with van der Waals surface area (Å²) in [5.41, 5.74) is 11.4. The van der Waals surface area contributed by atoms with Gasteiger partial charge in [0.25, 0.3) is 0 Å². The highest BCUT2D eigenvalue weighted by Crippen LogP contribution is 2.36. The third kappa shape index (κ3) is 5.73. The number of aromatic amines is 1. The van der Waals surface area contributed by atoms with Gasteiger partial charge >= 0.3 is 6.03 Å². The second kappa shape index (κ2) is 10.9. The number of nitrogens with zero attached hydrogens (tertiary/aromatic N) is 2. The molecule has 0 aliphatic heterocycles. The van der Waals surface area contributed by atoms with E-state index >= 15 is 0 Å². The third-order valence-electron chi connectivity index (χ3n) is 6.00. The summed E-state index contributed by atoms with van der Waals surface area (Å²) in [5.74, 6) is 1.15. The summed E-state index contributed by atoms with van der Waals surface area (Å²) in [4.78, 5) is 14.7. The topological polar surface area (TPSA) is 108 Å². The minimum Gasteiger partial charge on any atom is -0.490 e. The molecule has 0 saturated heterocycles. The molecule has 0 saturated carbocycles. The summed E-state index contributed by atoms with van der Waals surface area (Å²) >= 11 is 0. The van der Waals surface area contributed by atoms with Crippen molar-refractivity contribution >= 4 is 34.1 Å². The number of anilines is 3. The quantitative estimate of drug-likeness (QED) is 0.258. The number of nitrogens with one attached hydrogen (secondary N) is 3. The number of nitrogen functional groups attached to an aromatic ring is 1. The van der Waals surface area contributed by atoms with Gasteiger partial charge in [0.05, 0.1) is 5.39 Å². The maximum Gasteiger partial charge on any atom is 0.323 e. The van der Waals surface area contributed by atoms with E-state index in [1.807, 2.05) is 67.6 Å². The molecule has 4 rings (SSSR count). The third-order valence-corrected chi connectivity index (χ3v) is 6.00. The van der Waals surface area contributed by atoms with E-state index in [1.54, 1.807) is 0 Å². The van der Waals surface area contributed by atoms with E-state index in [2.05, 4.69) is 39.6 Å². The molecular formula is C27H32N6O2. The van der Waals surface area contributed by atoms with Crippen molar-refractivity contribution in [2.45, 2.75) is 20.8 Å². The van der Waals surface area contributed by atoms with Crippen LogP contribution in [0, 0.1) is 6.92 Å². The van der Waals surface area contributed by atoms with Crippen molar-refractivity contribution in [1.82, 2.24) is 15.1 Å². The Bertz CT molecular complexity index is 1300. The number of nitrogens with two attached hydrogens (primary N) is 1. The molecular weight excluding hydrogens is 440 g/mol. The largest absolute Gasteiger partial charge is 0.490 e. The van der Waals surface area contributed by atoms with Crippen molar-refractivity contribution in [1.29, 1.82) is 0 Å². The number of benzene rings is 3. The minimum atomic E-state index is -0.295. The fourth-order valence-electron chi connectivity index (χ4n) is 4.07. The van der Waals surface area contributed by atoms with Crippen molar-refractivity contribution in [2.75, 3.05) is 42.6 Å². The first-order valence-electron chi connectivity index (χ1n) is 11.8. The highest BCUT2D eigenvalue weighted by Gasteiger charge is 2.15. The Hall–Kier alpha value is -4.04. The number of likely N-dealkylation sites (N-methyl/N-ethyl adjacent to an activating group) is 1. The molecule has 8 nitrogen and oxygen atoms in total. The molecule has 0 fully saturated rings. The molecule has 0 spiro atoms. The summed E-state index contributed by atoms with van der Waals surface area (Å²) in [5, 5.41) is 13.8. The Morgan fingerprint density at radius 3 is 2.49 bits per heavy atom. The maximum absolute atomic E-state index is 12.4. The van der Waals surface area contributed by atoms with Crippen LogP contribution in [-0.4, -0.2) is 47.4 Å². The van der Waals surface area contributed by atoms with Crippen LogP contribution < -0.4 is 21.1 Å². The van der Waals surface area contributed by atoms with Crippen LogP contribution in [0.4, 0.5) is 22.0 Å². The minimum absolute atomic E-state index is 0.295. The molecule has 1 aromatic heterocycles. The first kappa shape index (κ1) is 24.1. The number of aromatic nitrogens is 2. The number of carbonyl (C=O) groups excluding carboxylic acids is 1. The molecule has 0 aliphatic carbocycles. The number of carbonyl (C=O) groups is 1. The first-order valence-corrected chi connectivity index (χ1v) is 11.8. The average Bonchev–Trinajstić information content (AvgIpc) is 3.24. The summed E-state index contributed by atoms with van der Waals surface area (Å²) in [6.45, 7) is 9.68. The van der Waals surface area contributed by atoms with E-state index in [4.69, 9.17) is 10.5 Å². The van der Waals surface area contributed by atoms with Crippen LogP contribution in [0.25, 0.3) is 22.0 Å². The van der Waals surface area contributed by atoms with Crippen molar-refractivity contribution in [3.8, 4) is 16.9 Å². The van der Waals surface area contributed by atoms with Gasteiger partial charge in [-0.15, -0.1) is 0 Å². The Kier molecular flexibility index (Phi) is 7.52. The Balaban J connectivity index is 1.48. The predicted octanol–water partition coefficient (Wildman–Crippen LogP) is 5.49. The number of H-pyrrole nitrogens is 1. The first-order chi connectivity index (χ1) is 17.0. The van der Waals surface area contributed by atoms with Crippen molar-refractivity contribution in [3.63, 3.8) is 0 Å². The van der Waals surface area contributed by atoms with Crippen LogP contribution in [0.5, 0.6) is 5.75 Å². The van der Waals surface area contributed by atoms with Gasteiger partial charge in [-0.2, -0.15) is 5.10 Å². The van der Waals surface area contributed by atoms with Gasteiger partial charge in [-0.25, -0.2) is 4.79 Å². The molecule has 5 N–H and O–H groups in total. The lowest BCUT2D eigenvalue weighted by Gasteiger charge is -2.18. The monoisotopic (exact) mass is 472 g/mol. The van der Waals surface area contributed by atoms with Gasteiger partial charge < -0.3 is 26.0 Å². The van der Waals surface area contributed by atoms with Gasteiger partial charge in [0.15, 0.2) is 5.82 Å². The van der Waals surface area contributed by atoms with Gasteiger partial charge in [-0.1, -0.05) is 38.1 Å². The normalized spacial score (nSPS) is 11.1. The smallest absolute Gasteiger partial charge is 0.323 e. The molecule has 182 valence electrons. The lowest BCUT2D eigenvalue weighted by Crippen LogP contribution is -2.27. The van der Waals surface area contributed by atoms with Gasteiger partial charge in [0.2, 0.25) is 0 Å². The lowest BCUT2D eigenvalue weighted by molar-refractivity contribution is 0.224. The molecule has 0 unspecified atom stereocenters. The van der Waals surface area contributed by atoms with Gasteiger partial charge in [-0.05, 0) is 73.1 Å². The molecule has 0 radical (unpaired) electrons. The van der Waals surface area contributed by atoms with Crippen LogP contribution in [0.3, 0.4) is 0 Å². The van der Waals surface area contributed by atoms with Crippen LogP contribution in [-0.2, 0) is 0 Å². The molecule has 0 bridgehead atoms. The Labute approximate surface area is 205 Å². The van der Waals surface area contributed by atoms with Crippen LogP contribution >= 0.6 is 0 Å². The van der Waals surface area contributed by atoms with Crippen LogP contribution in [0.15, 0.2) is 60.7 Å². The molecule has 0 aliphatic rings. The lowest BCUT2D eigenvalue weighted by atomic mass is 10.0.